The maximum atomic E-state index is 10.8. The molecule has 1 rings (SSSR count). The van der Waals surface area contributed by atoms with Gasteiger partial charge in [0.15, 0.2) is 0 Å². The number of rotatable bonds is 7. The van der Waals surface area contributed by atoms with Crippen molar-refractivity contribution in [3.63, 3.8) is 0 Å². The maximum absolute atomic E-state index is 10.8. The molecule has 0 bridgehead atoms. The van der Waals surface area contributed by atoms with Gasteiger partial charge in [-0.1, -0.05) is 0 Å². The van der Waals surface area contributed by atoms with Crippen LogP contribution in [0.2, 0.25) is 0 Å². The van der Waals surface area contributed by atoms with E-state index in [0.717, 1.165) is 11.9 Å². The number of hydrogen-bond donors (Lipinski definition) is 3. The number of sulfonamides is 1. The molecule has 0 aromatic heterocycles. The summed E-state index contributed by atoms with van der Waals surface area (Å²) in [4.78, 5) is 10.8. The van der Waals surface area contributed by atoms with Crippen LogP contribution in [0.3, 0.4) is 0 Å². The number of aromatic carboxylic acids is 1. The maximum Gasteiger partial charge on any atom is 0.335 e. The second-order valence-electron chi connectivity index (χ2n) is 3.95. The van der Waals surface area contributed by atoms with Crippen LogP contribution in [-0.2, 0) is 10.0 Å². The van der Waals surface area contributed by atoms with Gasteiger partial charge >= 0.3 is 5.97 Å². The Labute approximate surface area is 120 Å². The lowest BCUT2D eigenvalue weighted by Crippen LogP contribution is -2.24. The van der Waals surface area contributed by atoms with Crippen LogP contribution in [0.15, 0.2) is 22.7 Å². The Balaban J connectivity index is 2.44. The van der Waals surface area contributed by atoms with Crippen LogP contribution in [0.25, 0.3) is 0 Å². The minimum absolute atomic E-state index is 0.205. The molecule has 0 aliphatic heterocycles. The van der Waals surface area contributed by atoms with Crippen LogP contribution in [0.4, 0.5) is 5.69 Å². The lowest BCUT2D eigenvalue weighted by molar-refractivity contribution is 0.0697. The van der Waals surface area contributed by atoms with E-state index in [1.807, 2.05) is 0 Å². The molecule has 0 radical (unpaired) electrons. The fourth-order valence-electron chi connectivity index (χ4n) is 1.36. The largest absolute Gasteiger partial charge is 0.478 e. The van der Waals surface area contributed by atoms with Crippen molar-refractivity contribution in [3.05, 3.63) is 28.2 Å². The smallest absolute Gasteiger partial charge is 0.335 e. The van der Waals surface area contributed by atoms with Crippen molar-refractivity contribution in [2.24, 2.45) is 0 Å². The van der Waals surface area contributed by atoms with E-state index < -0.39 is 16.0 Å². The average molecular weight is 351 g/mol. The SMILES string of the molecule is CS(=O)(=O)NCCCNc1ccc(C(=O)O)cc1Br. The lowest BCUT2D eigenvalue weighted by Gasteiger charge is -2.09. The Kier molecular flexibility index (Phi) is 5.77. The number of nitrogens with one attached hydrogen (secondary N) is 2. The summed E-state index contributed by atoms with van der Waals surface area (Å²) in [6.45, 7) is 0.935. The first-order valence-electron chi connectivity index (χ1n) is 5.51. The molecule has 106 valence electrons. The second-order valence-corrected chi connectivity index (χ2v) is 6.63. The summed E-state index contributed by atoms with van der Waals surface area (Å²) in [5, 5.41) is 11.9. The van der Waals surface area contributed by atoms with E-state index in [2.05, 4.69) is 26.0 Å². The van der Waals surface area contributed by atoms with Crippen molar-refractivity contribution < 1.29 is 18.3 Å². The third-order valence-corrected chi connectivity index (χ3v) is 3.63. The zero-order chi connectivity index (χ0) is 14.5. The Morgan fingerprint density at radius 1 is 1.37 bits per heavy atom. The molecule has 0 saturated carbocycles. The van der Waals surface area contributed by atoms with Crippen LogP contribution in [0.5, 0.6) is 0 Å². The van der Waals surface area contributed by atoms with E-state index in [1.165, 1.54) is 12.1 Å². The molecule has 1 aromatic carbocycles. The van der Waals surface area contributed by atoms with Gasteiger partial charge in [-0.25, -0.2) is 17.9 Å². The van der Waals surface area contributed by atoms with E-state index in [4.69, 9.17) is 5.11 Å². The Hall–Kier alpha value is -1.12. The molecule has 0 unspecified atom stereocenters. The molecule has 0 aliphatic rings. The Bertz CT molecular complexity index is 560. The van der Waals surface area contributed by atoms with Gasteiger partial charge in [-0.2, -0.15) is 0 Å². The molecule has 0 spiro atoms. The first kappa shape index (κ1) is 15.9. The molecule has 1 aromatic rings. The highest BCUT2D eigenvalue weighted by molar-refractivity contribution is 9.10. The molecule has 0 amide bonds. The number of carbonyl (C=O) groups is 1. The van der Waals surface area contributed by atoms with Gasteiger partial charge in [-0.15, -0.1) is 0 Å². The fraction of sp³-hybridized carbons (Fsp3) is 0.364. The quantitative estimate of drug-likeness (QED) is 0.647. The summed E-state index contributed by atoms with van der Waals surface area (Å²) in [6, 6.07) is 4.68. The zero-order valence-electron chi connectivity index (χ0n) is 10.3. The number of halogens is 1. The van der Waals surface area contributed by atoms with Gasteiger partial charge in [0.1, 0.15) is 0 Å². The van der Waals surface area contributed by atoms with Crippen LogP contribution < -0.4 is 10.0 Å². The lowest BCUT2D eigenvalue weighted by atomic mass is 10.2. The summed E-state index contributed by atoms with van der Waals surface area (Å²) in [7, 11) is -3.14. The molecule has 0 saturated heterocycles. The molecule has 8 heteroatoms. The molecule has 0 aliphatic carbocycles. The van der Waals surface area contributed by atoms with Gasteiger partial charge in [-0.05, 0) is 40.5 Å². The monoisotopic (exact) mass is 350 g/mol. The summed E-state index contributed by atoms with van der Waals surface area (Å²) >= 11 is 3.28. The van der Waals surface area contributed by atoms with E-state index in [-0.39, 0.29) is 5.56 Å². The van der Waals surface area contributed by atoms with Gasteiger partial charge in [-0.3, -0.25) is 0 Å². The molecule has 6 nitrogen and oxygen atoms in total. The zero-order valence-corrected chi connectivity index (χ0v) is 12.7. The van der Waals surface area contributed by atoms with Crippen LogP contribution in [-0.4, -0.2) is 38.8 Å². The molecule has 19 heavy (non-hydrogen) atoms. The highest BCUT2D eigenvalue weighted by Crippen LogP contribution is 2.23. The summed E-state index contributed by atoms with van der Waals surface area (Å²) in [5.74, 6) is -0.982. The van der Waals surface area contributed by atoms with Gasteiger partial charge < -0.3 is 10.4 Å². The minimum atomic E-state index is -3.14. The normalized spacial score (nSPS) is 11.3. The van der Waals surface area contributed by atoms with E-state index in [0.29, 0.717) is 24.0 Å². The van der Waals surface area contributed by atoms with Gasteiger partial charge in [0.05, 0.1) is 11.8 Å². The highest BCUT2D eigenvalue weighted by atomic mass is 79.9. The number of benzene rings is 1. The van der Waals surface area contributed by atoms with Gasteiger partial charge in [0.2, 0.25) is 10.0 Å². The minimum Gasteiger partial charge on any atom is -0.478 e. The van der Waals surface area contributed by atoms with E-state index in [9.17, 15) is 13.2 Å². The molecular formula is C11H15BrN2O4S. The van der Waals surface area contributed by atoms with Gasteiger partial charge in [0, 0.05) is 23.2 Å². The molecular weight excluding hydrogens is 336 g/mol. The fourth-order valence-corrected chi connectivity index (χ4v) is 2.39. The number of carboxylic acids is 1. The topological polar surface area (TPSA) is 95.5 Å². The predicted molar refractivity (Wildman–Crippen MR) is 77.1 cm³/mol. The number of hydrogen-bond acceptors (Lipinski definition) is 4. The third kappa shape index (κ3) is 6.04. The Morgan fingerprint density at radius 2 is 2.05 bits per heavy atom. The Morgan fingerprint density at radius 3 is 2.58 bits per heavy atom. The number of carboxylic acid groups (broad SMARTS) is 1. The molecule has 0 fully saturated rings. The van der Waals surface area contributed by atoms with E-state index in [1.54, 1.807) is 6.07 Å². The van der Waals surface area contributed by atoms with Crippen molar-refractivity contribution in [1.82, 2.24) is 4.72 Å². The summed E-state index contributed by atoms with van der Waals surface area (Å²) in [5.41, 5.74) is 0.973. The van der Waals surface area contributed by atoms with Crippen molar-refractivity contribution in [2.45, 2.75) is 6.42 Å². The second kappa shape index (κ2) is 6.88. The van der Waals surface area contributed by atoms with Crippen LogP contribution >= 0.6 is 15.9 Å². The average Bonchev–Trinajstić information content (AvgIpc) is 2.28. The third-order valence-electron chi connectivity index (χ3n) is 2.25. The van der Waals surface area contributed by atoms with Gasteiger partial charge in [0.25, 0.3) is 0 Å². The van der Waals surface area contributed by atoms with Crippen LogP contribution in [0.1, 0.15) is 16.8 Å². The standard InChI is InChI=1S/C11H15BrN2O4S/c1-19(17,18)14-6-2-5-13-10-4-3-8(11(15)16)7-9(10)12/h3-4,7,13-14H,2,5-6H2,1H3,(H,15,16). The first-order chi connectivity index (χ1) is 8.79. The molecule has 3 N–H and O–H groups in total. The summed E-state index contributed by atoms with van der Waals surface area (Å²) in [6.07, 6.45) is 1.74. The summed E-state index contributed by atoms with van der Waals surface area (Å²) < 4.78 is 24.7. The van der Waals surface area contributed by atoms with Crippen LogP contribution in [0, 0.1) is 0 Å². The van der Waals surface area contributed by atoms with Crippen molar-refractivity contribution in [1.29, 1.82) is 0 Å². The molecule has 0 heterocycles. The highest BCUT2D eigenvalue weighted by Gasteiger charge is 2.06. The van der Waals surface area contributed by atoms with Crippen molar-refractivity contribution in [2.75, 3.05) is 24.7 Å². The molecule has 0 atom stereocenters. The number of anilines is 1. The van der Waals surface area contributed by atoms with E-state index >= 15 is 0 Å². The van der Waals surface area contributed by atoms with Crippen molar-refractivity contribution >= 4 is 37.6 Å². The predicted octanol–water partition coefficient (Wildman–Crippen LogP) is 1.50. The van der Waals surface area contributed by atoms with Crippen molar-refractivity contribution in [3.8, 4) is 0 Å². The first-order valence-corrected chi connectivity index (χ1v) is 8.19.